The lowest BCUT2D eigenvalue weighted by Gasteiger charge is -2.07. The second-order valence-corrected chi connectivity index (χ2v) is 7.24. The van der Waals surface area contributed by atoms with Gasteiger partial charge in [0.25, 0.3) is 0 Å². The molecule has 0 aliphatic carbocycles. The summed E-state index contributed by atoms with van der Waals surface area (Å²) in [6, 6.07) is 14.0. The van der Waals surface area contributed by atoms with Gasteiger partial charge in [-0.05, 0) is 61.5 Å². The highest BCUT2D eigenvalue weighted by Crippen LogP contribution is 2.38. The van der Waals surface area contributed by atoms with Crippen molar-refractivity contribution < 1.29 is 21.3 Å². The monoisotopic (exact) mass is 375 g/mol. The van der Waals surface area contributed by atoms with Crippen molar-refractivity contribution in [2.75, 3.05) is 0 Å². The molecule has 2 heteroatoms. The molecule has 0 N–H and O–H groups in total. The van der Waals surface area contributed by atoms with Gasteiger partial charge in [-0.15, -0.1) is 0 Å². The molecule has 0 bridgehead atoms. The number of benzene rings is 3. The fraction of sp³-hybridized carbons (Fsp3) is 0.192. The Bertz CT molecular complexity index is 1710. The molecule has 0 unspecified atom stereocenters. The first kappa shape index (κ1) is 9.88. The number of nitrogens with zero attached hydrogens (tertiary/aromatic N) is 1. The lowest BCUT2D eigenvalue weighted by Crippen LogP contribution is -2.31. The van der Waals surface area contributed by atoms with Crippen LogP contribution in [0.1, 0.15) is 34.6 Å². The van der Waals surface area contributed by atoms with E-state index in [1.54, 1.807) is 29.8 Å². The molecule has 2 aromatic heterocycles. The van der Waals surface area contributed by atoms with Crippen molar-refractivity contribution in [1.82, 2.24) is 0 Å². The highest BCUT2D eigenvalue weighted by molar-refractivity contribution is 6.13. The standard InChI is InChI=1S/C26H24NO/c1-15-6-8-19-13-24-22(12-20(19)10-15)21-9-7-16(2)25(26(21)28-24)23-11-17(3)18(4)14-27(23)5/h6-14H,1-5H3/q+1/i1D3,3D3,4D3. The zero-order valence-electron chi connectivity index (χ0n) is 24.6. The summed E-state index contributed by atoms with van der Waals surface area (Å²) in [7, 11) is 1.68. The first-order valence-corrected chi connectivity index (χ1v) is 9.01. The van der Waals surface area contributed by atoms with Gasteiger partial charge in [-0.25, -0.2) is 4.57 Å². The highest BCUT2D eigenvalue weighted by Gasteiger charge is 2.21. The predicted molar refractivity (Wildman–Crippen MR) is 117 cm³/mol. The molecule has 2 heterocycles. The number of aromatic nitrogens is 1. The number of furan rings is 1. The maximum Gasteiger partial charge on any atom is 0.216 e. The van der Waals surface area contributed by atoms with Crippen molar-refractivity contribution in [1.29, 1.82) is 0 Å². The van der Waals surface area contributed by atoms with Crippen LogP contribution in [-0.4, -0.2) is 0 Å². The zero-order chi connectivity index (χ0) is 27.1. The first-order chi connectivity index (χ1) is 17.1. The van der Waals surface area contributed by atoms with E-state index < -0.39 is 20.6 Å². The predicted octanol–water partition coefficient (Wildman–Crippen LogP) is 6.46. The lowest BCUT2D eigenvalue weighted by molar-refractivity contribution is -0.660. The number of fused-ring (bicyclic) bond motifs is 4. The minimum Gasteiger partial charge on any atom is -0.455 e. The second-order valence-electron chi connectivity index (χ2n) is 7.24. The van der Waals surface area contributed by atoms with Crippen LogP contribution in [0, 0.1) is 27.5 Å². The molecule has 28 heavy (non-hydrogen) atoms. The molecule has 0 aliphatic heterocycles. The molecule has 2 nitrogen and oxygen atoms in total. The van der Waals surface area contributed by atoms with E-state index in [1.807, 2.05) is 31.2 Å². The van der Waals surface area contributed by atoms with Crippen molar-refractivity contribution in [2.24, 2.45) is 7.05 Å². The van der Waals surface area contributed by atoms with E-state index in [0.29, 0.717) is 22.4 Å². The normalized spacial score (nSPS) is 17.9. The molecule has 0 fully saturated rings. The molecule has 5 aromatic rings. The molecule has 3 aromatic carbocycles. The minimum atomic E-state index is -2.62. The van der Waals surface area contributed by atoms with Crippen molar-refractivity contribution in [3.63, 3.8) is 0 Å². The average molecular weight is 376 g/mol. The van der Waals surface area contributed by atoms with Gasteiger partial charge in [0.15, 0.2) is 6.20 Å². The van der Waals surface area contributed by atoms with E-state index in [0.717, 1.165) is 27.1 Å². The molecule has 0 aliphatic rings. The largest absolute Gasteiger partial charge is 0.455 e. The molecule has 0 atom stereocenters. The van der Waals surface area contributed by atoms with Gasteiger partial charge in [-0.3, -0.25) is 0 Å². The summed E-state index contributed by atoms with van der Waals surface area (Å²) >= 11 is 0. The van der Waals surface area contributed by atoms with E-state index in [-0.39, 0.29) is 16.7 Å². The number of rotatable bonds is 1. The number of pyridine rings is 1. The van der Waals surface area contributed by atoms with E-state index in [2.05, 4.69) is 0 Å². The Morgan fingerprint density at radius 3 is 2.54 bits per heavy atom. The molecule has 138 valence electrons. The van der Waals surface area contributed by atoms with Gasteiger partial charge in [-0.1, -0.05) is 35.9 Å². The molecule has 0 amide bonds. The van der Waals surface area contributed by atoms with Crippen LogP contribution < -0.4 is 4.57 Å². The van der Waals surface area contributed by atoms with Crippen LogP contribution in [-0.2, 0) is 7.05 Å². The Balaban J connectivity index is 1.82. The first-order valence-electron chi connectivity index (χ1n) is 13.5. The second kappa shape index (κ2) is 5.93. The van der Waals surface area contributed by atoms with E-state index >= 15 is 0 Å². The SMILES string of the molecule is [2H]C([2H])([2H])c1ccc2cc3oc4c(-c5cc(C([2H])([2H])[2H])c(C([2H])([2H])[2H])c[n+]5C)c(C)ccc4c3cc2c1. The summed E-state index contributed by atoms with van der Waals surface area (Å²) in [5.41, 5.74) is 2.95. The summed E-state index contributed by atoms with van der Waals surface area (Å²) in [5, 5.41) is 3.18. The van der Waals surface area contributed by atoms with Gasteiger partial charge >= 0.3 is 0 Å². The lowest BCUT2D eigenvalue weighted by atomic mass is 9.98. The molecule has 0 saturated carbocycles. The van der Waals surface area contributed by atoms with Gasteiger partial charge in [0.2, 0.25) is 5.69 Å². The Morgan fingerprint density at radius 2 is 1.71 bits per heavy atom. The molecular formula is C26H24NO+. The summed E-state index contributed by atoms with van der Waals surface area (Å²) < 4.78 is 78.6. The smallest absolute Gasteiger partial charge is 0.216 e. The topological polar surface area (TPSA) is 17.0 Å². The summed E-state index contributed by atoms with van der Waals surface area (Å²) in [4.78, 5) is 0. The summed E-state index contributed by atoms with van der Waals surface area (Å²) in [6.45, 7) is -5.55. The molecule has 0 radical (unpaired) electrons. The Morgan fingerprint density at radius 1 is 0.821 bits per heavy atom. The summed E-state index contributed by atoms with van der Waals surface area (Å²) in [5.74, 6) is 0. The third-order valence-corrected chi connectivity index (χ3v) is 5.34. The maximum absolute atomic E-state index is 7.98. The summed E-state index contributed by atoms with van der Waals surface area (Å²) in [6.07, 6.45) is 1.36. The van der Waals surface area contributed by atoms with Crippen LogP contribution in [0.4, 0.5) is 0 Å². The number of hydrogen-bond donors (Lipinski definition) is 0. The van der Waals surface area contributed by atoms with Crippen molar-refractivity contribution in [3.8, 4) is 11.3 Å². The Hall–Kier alpha value is -3.13. The van der Waals surface area contributed by atoms with E-state index in [4.69, 9.17) is 16.8 Å². The van der Waals surface area contributed by atoms with Gasteiger partial charge in [0, 0.05) is 34.7 Å². The van der Waals surface area contributed by atoms with Gasteiger partial charge in [0.1, 0.15) is 18.2 Å². The van der Waals surface area contributed by atoms with Crippen LogP contribution in [0.3, 0.4) is 0 Å². The third kappa shape index (κ3) is 2.45. The fourth-order valence-electron chi connectivity index (χ4n) is 3.90. The Kier molecular flexibility index (Phi) is 2.09. The van der Waals surface area contributed by atoms with Crippen molar-refractivity contribution >= 4 is 32.7 Å². The highest BCUT2D eigenvalue weighted by atomic mass is 16.3. The average Bonchev–Trinajstić information content (AvgIpc) is 3.12. The molecular weight excluding hydrogens is 342 g/mol. The third-order valence-electron chi connectivity index (χ3n) is 5.34. The van der Waals surface area contributed by atoms with Crippen molar-refractivity contribution in [2.45, 2.75) is 27.5 Å². The molecule has 0 saturated heterocycles. The van der Waals surface area contributed by atoms with Crippen LogP contribution in [0.15, 0.2) is 59.1 Å². The zero-order valence-corrected chi connectivity index (χ0v) is 15.6. The fourth-order valence-corrected chi connectivity index (χ4v) is 3.90. The van der Waals surface area contributed by atoms with Gasteiger partial charge in [-0.2, -0.15) is 0 Å². The molecule has 5 rings (SSSR count). The Labute approximate surface area is 177 Å². The maximum atomic E-state index is 7.98. The van der Waals surface area contributed by atoms with Gasteiger partial charge < -0.3 is 4.42 Å². The van der Waals surface area contributed by atoms with Crippen LogP contribution in [0.5, 0.6) is 0 Å². The molecule has 0 spiro atoms. The number of aryl methyl sites for hydroxylation is 5. The van der Waals surface area contributed by atoms with E-state index in [9.17, 15) is 0 Å². The quantitative estimate of drug-likeness (QED) is 0.307. The van der Waals surface area contributed by atoms with Gasteiger partial charge in [0.05, 0.1) is 5.56 Å². The van der Waals surface area contributed by atoms with E-state index in [1.165, 1.54) is 12.3 Å². The van der Waals surface area contributed by atoms with Crippen LogP contribution in [0.25, 0.3) is 44.0 Å². The van der Waals surface area contributed by atoms with Crippen LogP contribution >= 0.6 is 0 Å². The minimum absolute atomic E-state index is 0.218. The van der Waals surface area contributed by atoms with Crippen LogP contribution in [0.2, 0.25) is 0 Å². The van der Waals surface area contributed by atoms with Crippen molar-refractivity contribution in [3.05, 3.63) is 77.0 Å². The number of hydrogen-bond acceptors (Lipinski definition) is 1.